The third-order valence-corrected chi connectivity index (χ3v) is 5.32. The highest BCUT2D eigenvalue weighted by molar-refractivity contribution is 14.0. The highest BCUT2D eigenvalue weighted by Gasteiger charge is 2.42. The number of halogens is 3. The summed E-state index contributed by atoms with van der Waals surface area (Å²) >= 11 is 0. The topological polar surface area (TPSA) is 48.9 Å². The van der Waals surface area contributed by atoms with E-state index in [1.807, 2.05) is 6.92 Å². The number of hydrogen-bond acceptors (Lipinski definition) is 3. The van der Waals surface area contributed by atoms with Gasteiger partial charge >= 0.3 is 0 Å². The molecule has 1 aliphatic heterocycles. The van der Waals surface area contributed by atoms with Crippen molar-refractivity contribution in [1.29, 1.82) is 0 Å². The van der Waals surface area contributed by atoms with E-state index in [2.05, 4.69) is 29.4 Å². The summed E-state index contributed by atoms with van der Waals surface area (Å²) < 4.78 is 33.4. The van der Waals surface area contributed by atoms with Crippen LogP contribution in [0.25, 0.3) is 0 Å². The molecule has 1 aliphatic carbocycles. The van der Waals surface area contributed by atoms with Gasteiger partial charge in [-0.1, -0.05) is 6.07 Å². The normalized spacial score (nSPS) is 23.1. The number of aliphatic imine (C=N–C) groups is 1. The van der Waals surface area contributed by atoms with Crippen LogP contribution < -0.4 is 10.6 Å². The van der Waals surface area contributed by atoms with Crippen molar-refractivity contribution in [2.45, 2.75) is 44.7 Å². The van der Waals surface area contributed by atoms with Crippen LogP contribution in [0.15, 0.2) is 23.2 Å². The quantitative estimate of drug-likeness (QED) is 0.353. The average molecular weight is 508 g/mol. The molecule has 158 valence electrons. The van der Waals surface area contributed by atoms with Crippen molar-refractivity contribution >= 4 is 29.9 Å². The molecule has 8 heteroatoms. The van der Waals surface area contributed by atoms with E-state index < -0.39 is 11.6 Å². The molecule has 2 N–H and O–H groups in total. The van der Waals surface area contributed by atoms with Crippen LogP contribution in [0.1, 0.15) is 38.7 Å². The predicted octanol–water partition coefficient (Wildman–Crippen LogP) is 3.10. The van der Waals surface area contributed by atoms with E-state index in [1.165, 1.54) is 18.2 Å². The monoisotopic (exact) mass is 508 g/mol. The van der Waals surface area contributed by atoms with Gasteiger partial charge in [0.2, 0.25) is 0 Å². The number of nitrogens with zero attached hydrogens (tertiary/aromatic N) is 2. The third kappa shape index (κ3) is 5.76. The van der Waals surface area contributed by atoms with Gasteiger partial charge in [0.1, 0.15) is 11.6 Å². The van der Waals surface area contributed by atoms with Crippen LogP contribution in [0.3, 0.4) is 0 Å². The molecule has 2 atom stereocenters. The van der Waals surface area contributed by atoms with Crippen LogP contribution in [-0.4, -0.2) is 61.8 Å². The fraction of sp³-hybridized carbons (Fsp3) is 0.650. The van der Waals surface area contributed by atoms with Crippen LogP contribution in [0, 0.1) is 11.6 Å². The van der Waals surface area contributed by atoms with Gasteiger partial charge in [0.05, 0.1) is 19.8 Å². The van der Waals surface area contributed by atoms with Crippen LogP contribution in [-0.2, 0) is 4.74 Å². The summed E-state index contributed by atoms with van der Waals surface area (Å²) in [7, 11) is 0. The Hall–Kier alpha value is -1.000. The van der Waals surface area contributed by atoms with E-state index >= 15 is 0 Å². The van der Waals surface area contributed by atoms with E-state index in [0.29, 0.717) is 18.9 Å². The van der Waals surface area contributed by atoms with Crippen molar-refractivity contribution in [2.24, 2.45) is 4.99 Å². The fourth-order valence-corrected chi connectivity index (χ4v) is 3.58. The first-order chi connectivity index (χ1) is 12.9. The van der Waals surface area contributed by atoms with Gasteiger partial charge in [-0.2, -0.15) is 0 Å². The largest absolute Gasteiger partial charge is 0.379 e. The molecule has 3 rings (SSSR count). The summed E-state index contributed by atoms with van der Waals surface area (Å²) in [5.74, 6) is -0.398. The van der Waals surface area contributed by atoms with Crippen LogP contribution in [0.5, 0.6) is 0 Å². The lowest BCUT2D eigenvalue weighted by Crippen LogP contribution is -2.52. The molecule has 0 aromatic heterocycles. The van der Waals surface area contributed by atoms with Gasteiger partial charge in [-0.3, -0.25) is 9.89 Å². The Morgan fingerprint density at radius 3 is 2.50 bits per heavy atom. The Bertz CT molecular complexity index is 660. The Morgan fingerprint density at radius 1 is 1.25 bits per heavy atom. The second-order valence-electron chi connectivity index (χ2n) is 7.84. The zero-order valence-electron chi connectivity index (χ0n) is 16.8. The SMILES string of the molecule is CCNC(=NCC(C)(C)N1CCOCC1)NC1CC1c1c(F)cccc1F.I. The summed E-state index contributed by atoms with van der Waals surface area (Å²) in [6, 6.07) is 4.04. The predicted molar refractivity (Wildman–Crippen MR) is 119 cm³/mol. The van der Waals surface area contributed by atoms with Crippen molar-refractivity contribution < 1.29 is 13.5 Å². The molecule has 5 nitrogen and oxygen atoms in total. The molecule has 2 unspecified atom stereocenters. The van der Waals surface area contributed by atoms with Crippen LogP contribution in [0.2, 0.25) is 0 Å². The van der Waals surface area contributed by atoms with E-state index in [9.17, 15) is 8.78 Å². The first-order valence-corrected chi connectivity index (χ1v) is 9.74. The molecule has 0 radical (unpaired) electrons. The first-order valence-electron chi connectivity index (χ1n) is 9.74. The highest BCUT2D eigenvalue weighted by atomic mass is 127. The number of nitrogens with one attached hydrogen (secondary N) is 2. The van der Waals surface area contributed by atoms with Gasteiger partial charge in [0.15, 0.2) is 5.96 Å². The van der Waals surface area contributed by atoms with Crippen molar-refractivity contribution in [3.05, 3.63) is 35.4 Å². The summed E-state index contributed by atoms with van der Waals surface area (Å²) in [4.78, 5) is 7.13. The van der Waals surface area contributed by atoms with E-state index in [-0.39, 0.29) is 47.0 Å². The summed E-state index contributed by atoms with van der Waals surface area (Å²) in [5.41, 5.74) is 0.103. The maximum atomic E-state index is 14.0. The molecule has 28 heavy (non-hydrogen) atoms. The molecule has 1 saturated carbocycles. The molecule has 0 amide bonds. The van der Waals surface area contributed by atoms with Gasteiger partial charge in [0.25, 0.3) is 0 Å². The molecular formula is C20H31F2IN4O. The minimum atomic E-state index is -0.473. The van der Waals surface area contributed by atoms with Crippen LogP contribution in [0.4, 0.5) is 8.78 Å². The molecular weight excluding hydrogens is 477 g/mol. The van der Waals surface area contributed by atoms with Crippen molar-refractivity contribution in [2.75, 3.05) is 39.4 Å². The summed E-state index contributed by atoms with van der Waals surface area (Å²) in [5, 5.41) is 6.57. The molecule has 2 fully saturated rings. The number of hydrogen-bond donors (Lipinski definition) is 2. The zero-order valence-corrected chi connectivity index (χ0v) is 19.1. The Balaban J connectivity index is 0.00000280. The fourth-order valence-electron chi connectivity index (χ4n) is 3.58. The van der Waals surface area contributed by atoms with Crippen molar-refractivity contribution in [1.82, 2.24) is 15.5 Å². The van der Waals surface area contributed by atoms with Gasteiger partial charge in [0, 0.05) is 42.7 Å². The maximum Gasteiger partial charge on any atom is 0.191 e. The lowest BCUT2D eigenvalue weighted by molar-refractivity contribution is -0.00683. The van der Waals surface area contributed by atoms with Crippen LogP contribution >= 0.6 is 24.0 Å². The minimum Gasteiger partial charge on any atom is -0.379 e. The maximum absolute atomic E-state index is 14.0. The van der Waals surface area contributed by atoms with E-state index in [4.69, 9.17) is 9.73 Å². The number of ether oxygens (including phenoxy) is 1. The minimum absolute atomic E-state index is 0. The molecule has 1 aromatic rings. The Labute approximate surface area is 183 Å². The number of guanidine groups is 1. The third-order valence-electron chi connectivity index (χ3n) is 5.32. The molecule has 1 saturated heterocycles. The lowest BCUT2D eigenvalue weighted by atomic mass is 10.0. The lowest BCUT2D eigenvalue weighted by Gasteiger charge is -2.39. The number of rotatable bonds is 6. The van der Waals surface area contributed by atoms with E-state index in [0.717, 1.165) is 32.8 Å². The smallest absolute Gasteiger partial charge is 0.191 e. The first kappa shape index (κ1) is 23.3. The molecule has 1 aromatic carbocycles. The van der Waals surface area contributed by atoms with Gasteiger partial charge in [-0.25, -0.2) is 8.78 Å². The molecule has 0 bridgehead atoms. The van der Waals surface area contributed by atoms with Crippen molar-refractivity contribution in [3.63, 3.8) is 0 Å². The van der Waals surface area contributed by atoms with E-state index in [1.54, 1.807) is 0 Å². The number of morpholine rings is 1. The van der Waals surface area contributed by atoms with Gasteiger partial charge < -0.3 is 15.4 Å². The molecule has 2 aliphatic rings. The standard InChI is InChI=1S/C20H30F2N4O.HI/c1-4-23-19(24-13-20(2,3)26-8-10-27-11-9-26)25-17-12-14(17)18-15(21)6-5-7-16(18)22;/h5-7,14,17H,4,8-13H2,1-3H3,(H2,23,24,25);1H. The summed E-state index contributed by atoms with van der Waals surface area (Å²) in [6.07, 6.45) is 0.703. The molecule has 1 heterocycles. The van der Waals surface area contributed by atoms with Gasteiger partial charge in [-0.15, -0.1) is 24.0 Å². The average Bonchev–Trinajstić information content (AvgIpc) is 3.39. The molecule has 0 spiro atoms. The number of benzene rings is 1. The Kier molecular flexibility index (Phi) is 8.44. The second-order valence-corrected chi connectivity index (χ2v) is 7.84. The second kappa shape index (κ2) is 10.2. The van der Waals surface area contributed by atoms with Gasteiger partial charge in [-0.05, 0) is 39.3 Å². The Morgan fingerprint density at radius 2 is 1.89 bits per heavy atom. The van der Waals surface area contributed by atoms with Crippen molar-refractivity contribution in [3.8, 4) is 0 Å². The zero-order chi connectivity index (χ0) is 19.4. The summed E-state index contributed by atoms with van der Waals surface area (Å²) in [6.45, 7) is 11.1. The highest BCUT2D eigenvalue weighted by Crippen LogP contribution is 2.43.